The van der Waals surface area contributed by atoms with Gasteiger partial charge in [-0.25, -0.2) is 9.67 Å². The number of benzene rings is 2. The van der Waals surface area contributed by atoms with Crippen molar-refractivity contribution in [1.82, 2.24) is 19.7 Å². The van der Waals surface area contributed by atoms with Crippen molar-refractivity contribution in [1.29, 1.82) is 0 Å². The quantitative estimate of drug-likeness (QED) is 0.401. The Labute approximate surface area is 204 Å². The van der Waals surface area contributed by atoms with Gasteiger partial charge in [0, 0.05) is 62.3 Å². The summed E-state index contributed by atoms with van der Waals surface area (Å²) in [6.45, 7) is 5.49. The van der Waals surface area contributed by atoms with E-state index in [0.29, 0.717) is 18.0 Å². The minimum absolute atomic E-state index is 0.0181. The molecule has 1 aliphatic rings. The van der Waals surface area contributed by atoms with Crippen LogP contribution in [0.3, 0.4) is 0 Å². The molecule has 6 nitrogen and oxygen atoms in total. The van der Waals surface area contributed by atoms with Gasteiger partial charge in [0.05, 0.1) is 11.1 Å². The van der Waals surface area contributed by atoms with Crippen LogP contribution in [-0.4, -0.2) is 52.4 Å². The average molecular weight is 474 g/mol. The van der Waals surface area contributed by atoms with Crippen molar-refractivity contribution in [2.24, 2.45) is 0 Å². The van der Waals surface area contributed by atoms with Crippen molar-refractivity contribution in [3.05, 3.63) is 99.6 Å². The van der Waals surface area contributed by atoms with Crippen LogP contribution in [-0.2, 0) is 13.0 Å². The van der Waals surface area contributed by atoms with Gasteiger partial charge in [-0.2, -0.15) is 5.10 Å². The lowest BCUT2D eigenvalue weighted by atomic mass is 10.0. The second kappa shape index (κ2) is 10.4. The second-order valence-electron chi connectivity index (χ2n) is 8.69. The molecule has 5 rings (SSSR count). The number of pyridine rings is 1. The van der Waals surface area contributed by atoms with E-state index in [4.69, 9.17) is 16.7 Å². The molecule has 0 unspecified atom stereocenters. The predicted octanol–water partition coefficient (Wildman–Crippen LogP) is 4.25. The number of nitrogens with zero attached hydrogens (tertiary/aromatic N) is 5. The van der Waals surface area contributed by atoms with Gasteiger partial charge >= 0.3 is 0 Å². The molecule has 1 saturated heterocycles. The Balaban J connectivity index is 1.25. The predicted molar refractivity (Wildman–Crippen MR) is 138 cm³/mol. The third kappa shape index (κ3) is 5.13. The topological polar surface area (TPSA) is 54.3 Å². The summed E-state index contributed by atoms with van der Waals surface area (Å²) in [5.41, 5.74) is 2.02. The zero-order valence-corrected chi connectivity index (χ0v) is 19.9. The van der Waals surface area contributed by atoms with Gasteiger partial charge in [-0.3, -0.25) is 9.69 Å². The lowest BCUT2D eigenvalue weighted by molar-refractivity contribution is 0.248. The van der Waals surface area contributed by atoms with Crippen LogP contribution in [0.2, 0.25) is 5.02 Å². The first-order valence-corrected chi connectivity index (χ1v) is 12.2. The Morgan fingerprint density at radius 3 is 2.29 bits per heavy atom. The van der Waals surface area contributed by atoms with Crippen LogP contribution in [0.5, 0.6) is 0 Å². The highest BCUT2D eigenvalue weighted by Gasteiger charge is 2.18. The number of piperazine rings is 1. The first kappa shape index (κ1) is 22.6. The zero-order valence-electron chi connectivity index (χ0n) is 19.1. The Hall–Kier alpha value is -3.22. The smallest absolute Gasteiger partial charge is 0.274 e. The molecule has 7 heteroatoms. The van der Waals surface area contributed by atoms with Crippen LogP contribution in [0, 0.1) is 0 Å². The fourth-order valence-electron chi connectivity index (χ4n) is 4.57. The monoisotopic (exact) mass is 473 g/mol. The van der Waals surface area contributed by atoms with Crippen LogP contribution in [0.15, 0.2) is 77.7 Å². The summed E-state index contributed by atoms with van der Waals surface area (Å²) in [4.78, 5) is 22.4. The van der Waals surface area contributed by atoms with Gasteiger partial charge in [0.1, 0.15) is 5.82 Å². The van der Waals surface area contributed by atoms with Gasteiger partial charge < -0.3 is 4.90 Å². The van der Waals surface area contributed by atoms with E-state index in [9.17, 15) is 4.79 Å². The maximum atomic E-state index is 13.1. The van der Waals surface area contributed by atoms with Crippen LogP contribution in [0.4, 0.5) is 5.82 Å². The van der Waals surface area contributed by atoms with Gasteiger partial charge in [-0.15, -0.1) is 0 Å². The van der Waals surface area contributed by atoms with E-state index < -0.39 is 0 Å². The summed E-state index contributed by atoms with van der Waals surface area (Å²) in [6.07, 6.45) is 3.39. The molecule has 0 saturated carbocycles. The van der Waals surface area contributed by atoms with E-state index in [1.807, 2.05) is 66.9 Å². The molecule has 4 aromatic rings. The molecule has 0 radical (unpaired) electrons. The molecule has 1 fully saturated rings. The van der Waals surface area contributed by atoms with Crippen molar-refractivity contribution >= 4 is 28.2 Å². The molecule has 0 amide bonds. The third-order valence-corrected chi connectivity index (χ3v) is 6.67. The van der Waals surface area contributed by atoms with E-state index in [1.54, 1.807) is 4.68 Å². The largest absolute Gasteiger partial charge is 0.354 e. The number of anilines is 1. The SMILES string of the molecule is O=c1c2ccccc2c(Cc2ccc(Cl)cc2)nn1CCCN1CCN(c2ccccn2)CC1. The summed E-state index contributed by atoms with van der Waals surface area (Å²) >= 11 is 6.05. The summed E-state index contributed by atoms with van der Waals surface area (Å²) in [5, 5.41) is 7.15. The molecule has 0 aliphatic carbocycles. The highest BCUT2D eigenvalue weighted by molar-refractivity contribution is 6.30. The van der Waals surface area contributed by atoms with Crippen LogP contribution in [0.25, 0.3) is 10.8 Å². The molecule has 174 valence electrons. The molecular formula is C27H28ClN5O. The van der Waals surface area contributed by atoms with Crippen LogP contribution in [0.1, 0.15) is 17.7 Å². The summed E-state index contributed by atoms with van der Waals surface area (Å²) < 4.78 is 1.65. The number of halogens is 1. The van der Waals surface area contributed by atoms with E-state index in [-0.39, 0.29) is 5.56 Å². The maximum Gasteiger partial charge on any atom is 0.274 e. The van der Waals surface area contributed by atoms with E-state index >= 15 is 0 Å². The number of hydrogen-bond acceptors (Lipinski definition) is 5. The fraction of sp³-hybridized carbons (Fsp3) is 0.296. The van der Waals surface area contributed by atoms with Gasteiger partial charge in [0.25, 0.3) is 5.56 Å². The van der Waals surface area contributed by atoms with E-state index in [2.05, 4.69) is 20.9 Å². The van der Waals surface area contributed by atoms with Crippen molar-refractivity contribution in [3.63, 3.8) is 0 Å². The number of aryl methyl sites for hydroxylation is 1. The molecule has 34 heavy (non-hydrogen) atoms. The van der Waals surface area contributed by atoms with Gasteiger partial charge in [-0.1, -0.05) is 48.0 Å². The van der Waals surface area contributed by atoms with Gasteiger partial charge in [0.2, 0.25) is 0 Å². The summed E-state index contributed by atoms with van der Waals surface area (Å²) in [5.74, 6) is 1.04. The highest BCUT2D eigenvalue weighted by atomic mass is 35.5. The Kier molecular flexibility index (Phi) is 6.88. The van der Waals surface area contributed by atoms with Crippen molar-refractivity contribution < 1.29 is 0 Å². The van der Waals surface area contributed by atoms with Crippen LogP contribution < -0.4 is 10.5 Å². The molecule has 0 N–H and O–H groups in total. The van der Waals surface area contributed by atoms with Gasteiger partial charge in [0.15, 0.2) is 0 Å². The third-order valence-electron chi connectivity index (χ3n) is 6.42. The number of hydrogen-bond donors (Lipinski definition) is 0. The Bertz CT molecular complexity index is 1300. The van der Waals surface area contributed by atoms with Crippen molar-refractivity contribution in [3.8, 4) is 0 Å². The lowest BCUT2D eigenvalue weighted by Crippen LogP contribution is -2.47. The minimum Gasteiger partial charge on any atom is -0.354 e. The Morgan fingerprint density at radius 1 is 0.824 bits per heavy atom. The molecule has 0 atom stereocenters. The molecule has 2 aromatic heterocycles. The Morgan fingerprint density at radius 2 is 1.56 bits per heavy atom. The molecular weight excluding hydrogens is 446 g/mol. The highest BCUT2D eigenvalue weighted by Crippen LogP contribution is 2.19. The van der Waals surface area contributed by atoms with Gasteiger partial charge in [-0.05, 0) is 42.3 Å². The van der Waals surface area contributed by atoms with Crippen molar-refractivity contribution in [2.45, 2.75) is 19.4 Å². The first-order valence-electron chi connectivity index (χ1n) is 11.8. The minimum atomic E-state index is -0.0181. The molecule has 2 aromatic carbocycles. The van der Waals surface area contributed by atoms with Crippen molar-refractivity contribution in [2.75, 3.05) is 37.6 Å². The lowest BCUT2D eigenvalue weighted by Gasteiger charge is -2.35. The van der Waals surface area contributed by atoms with E-state index in [0.717, 1.165) is 67.0 Å². The molecule has 1 aliphatic heterocycles. The fourth-order valence-corrected chi connectivity index (χ4v) is 4.69. The maximum absolute atomic E-state index is 13.1. The zero-order chi connectivity index (χ0) is 23.3. The molecule has 0 spiro atoms. The molecule has 3 heterocycles. The summed E-state index contributed by atoms with van der Waals surface area (Å²) in [7, 11) is 0. The summed E-state index contributed by atoms with van der Waals surface area (Å²) in [6, 6.07) is 21.6. The molecule has 0 bridgehead atoms. The number of fused-ring (bicyclic) bond motifs is 1. The normalized spacial score (nSPS) is 14.6. The average Bonchev–Trinajstić information content (AvgIpc) is 2.89. The second-order valence-corrected chi connectivity index (χ2v) is 9.13. The van der Waals surface area contributed by atoms with E-state index in [1.165, 1.54) is 0 Å². The standard InChI is InChI=1S/C27H28ClN5O/c28-22-11-9-21(10-12-22)20-25-23-6-1-2-7-24(23)27(34)33(30-25)15-5-14-31-16-18-32(19-17-31)26-8-3-4-13-29-26/h1-4,6-13H,5,14-20H2. The van der Waals surface area contributed by atoms with Crippen LogP contribution >= 0.6 is 11.6 Å². The number of aromatic nitrogens is 3. The number of rotatable bonds is 7. The first-order chi connectivity index (χ1) is 16.7.